The maximum atomic E-state index is 10.9. The molecule has 0 aromatic heterocycles. The molecule has 1 N–H and O–H groups in total. The standard InChI is InChI=1S/C10H20N2OS/c1-12(10-7-14(13)8-10)6-4-9-3-2-5-11-9/h9-11H,2-8H2,1H3. The monoisotopic (exact) mass is 216 g/mol. The Hall–Kier alpha value is 0.0700. The lowest BCUT2D eigenvalue weighted by Gasteiger charge is -2.34. The molecule has 1 unspecified atom stereocenters. The van der Waals surface area contributed by atoms with E-state index in [1.165, 1.54) is 25.8 Å². The van der Waals surface area contributed by atoms with E-state index in [-0.39, 0.29) is 0 Å². The Bertz CT molecular complexity index is 208. The first kappa shape index (κ1) is 10.6. The van der Waals surface area contributed by atoms with E-state index in [2.05, 4.69) is 17.3 Å². The SMILES string of the molecule is CN(CCC1CCCN1)C1CS(=O)C1. The Morgan fingerprint density at radius 2 is 2.29 bits per heavy atom. The lowest BCUT2D eigenvalue weighted by molar-refractivity contribution is 0.254. The lowest BCUT2D eigenvalue weighted by atomic mass is 10.1. The summed E-state index contributed by atoms with van der Waals surface area (Å²) in [5.74, 6) is 1.79. The number of hydrogen-bond acceptors (Lipinski definition) is 3. The van der Waals surface area contributed by atoms with Gasteiger partial charge in [-0.2, -0.15) is 0 Å². The Labute approximate surface area is 88.7 Å². The van der Waals surface area contributed by atoms with E-state index in [4.69, 9.17) is 0 Å². The van der Waals surface area contributed by atoms with Crippen LogP contribution in [0.2, 0.25) is 0 Å². The molecule has 2 heterocycles. The van der Waals surface area contributed by atoms with Crippen LogP contribution >= 0.6 is 0 Å². The maximum Gasteiger partial charge on any atom is 0.0400 e. The van der Waals surface area contributed by atoms with Crippen LogP contribution in [0.4, 0.5) is 0 Å². The van der Waals surface area contributed by atoms with Gasteiger partial charge in [-0.25, -0.2) is 0 Å². The molecule has 0 saturated carbocycles. The summed E-state index contributed by atoms with van der Waals surface area (Å²) < 4.78 is 10.9. The molecule has 0 aromatic carbocycles. The molecule has 2 aliphatic rings. The third kappa shape index (κ3) is 2.55. The molecule has 3 nitrogen and oxygen atoms in total. The summed E-state index contributed by atoms with van der Waals surface area (Å²) in [5, 5.41) is 3.51. The predicted octanol–water partition coefficient (Wildman–Crippen LogP) is 0.191. The molecule has 0 spiro atoms. The fourth-order valence-corrected chi connectivity index (χ4v) is 3.45. The largest absolute Gasteiger partial charge is 0.314 e. The molecule has 14 heavy (non-hydrogen) atoms. The Kier molecular flexibility index (Phi) is 3.57. The van der Waals surface area contributed by atoms with Crippen molar-refractivity contribution >= 4 is 10.8 Å². The summed E-state index contributed by atoms with van der Waals surface area (Å²) in [4.78, 5) is 2.38. The molecule has 0 aromatic rings. The minimum absolute atomic E-state index is 0.505. The van der Waals surface area contributed by atoms with Crippen molar-refractivity contribution in [2.45, 2.75) is 31.3 Å². The average molecular weight is 216 g/mol. The van der Waals surface area contributed by atoms with Crippen molar-refractivity contribution in [3.05, 3.63) is 0 Å². The molecule has 2 fully saturated rings. The number of nitrogens with zero attached hydrogens (tertiary/aromatic N) is 1. The van der Waals surface area contributed by atoms with Gasteiger partial charge >= 0.3 is 0 Å². The minimum atomic E-state index is -0.505. The lowest BCUT2D eigenvalue weighted by Crippen LogP contribution is -2.49. The highest BCUT2D eigenvalue weighted by Crippen LogP contribution is 2.14. The van der Waals surface area contributed by atoms with Crippen LogP contribution in [0.15, 0.2) is 0 Å². The van der Waals surface area contributed by atoms with Crippen LogP contribution in [0.25, 0.3) is 0 Å². The summed E-state index contributed by atoms with van der Waals surface area (Å²) in [5.41, 5.74) is 0. The zero-order valence-electron chi connectivity index (χ0n) is 8.87. The molecular weight excluding hydrogens is 196 g/mol. The highest BCUT2D eigenvalue weighted by Gasteiger charge is 2.29. The summed E-state index contributed by atoms with van der Waals surface area (Å²) in [6.07, 6.45) is 3.92. The predicted molar refractivity (Wildman–Crippen MR) is 59.9 cm³/mol. The van der Waals surface area contributed by atoms with Gasteiger partial charge in [0, 0.05) is 34.4 Å². The van der Waals surface area contributed by atoms with Gasteiger partial charge in [0.15, 0.2) is 0 Å². The van der Waals surface area contributed by atoms with E-state index in [0.717, 1.165) is 24.1 Å². The molecule has 2 rings (SSSR count). The maximum absolute atomic E-state index is 10.9. The van der Waals surface area contributed by atoms with E-state index in [1.807, 2.05) is 0 Å². The fourth-order valence-electron chi connectivity index (χ4n) is 2.18. The first-order chi connectivity index (χ1) is 6.75. The van der Waals surface area contributed by atoms with Crippen LogP contribution in [0.1, 0.15) is 19.3 Å². The van der Waals surface area contributed by atoms with E-state index in [0.29, 0.717) is 6.04 Å². The molecule has 0 bridgehead atoms. The van der Waals surface area contributed by atoms with E-state index in [9.17, 15) is 4.21 Å². The highest BCUT2D eigenvalue weighted by atomic mass is 32.2. The van der Waals surface area contributed by atoms with Crippen LogP contribution in [-0.4, -0.2) is 52.8 Å². The second-order valence-corrected chi connectivity index (χ2v) is 6.04. The Balaban J connectivity index is 1.62. The summed E-state index contributed by atoms with van der Waals surface area (Å²) in [6, 6.07) is 1.33. The molecule has 2 aliphatic heterocycles. The van der Waals surface area contributed by atoms with Gasteiger partial charge in [-0.3, -0.25) is 4.21 Å². The van der Waals surface area contributed by atoms with Gasteiger partial charge in [-0.15, -0.1) is 0 Å². The second-order valence-electron chi connectivity index (χ2n) is 4.49. The minimum Gasteiger partial charge on any atom is -0.314 e. The van der Waals surface area contributed by atoms with E-state index in [1.54, 1.807) is 0 Å². The van der Waals surface area contributed by atoms with Gasteiger partial charge in [0.1, 0.15) is 0 Å². The van der Waals surface area contributed by atoms with Crippen molar-refractivity contribution in [3.63, 3.8) is 0 Å². The summed E-state index contributed by atoms with van der Waals surface area (Å²) in [6.45, 7) is 2.35. The van der Waals surface area contributed by atoms with Crippen molar-refractivity contribution in [2.24, 2.45) is 0 Å². The highest BCUT2D eigenvalue weighted by molar-refractivity contribution is 7.86. The first-order valence-corrected chi connectivity index (χ1v) is 7.03. The number of rotatable bonds is 4. The molecule has 1 atom stereocenters. The number of nitrogens with one attached hydrogen (secondary N) is 1. The molecule has 0 aliphatic carbocycles. The van der Waals surface area contributed by atoms with Crippen LogP contribution in [0, 0.1) is 0 Å². The molecule has 82 valence electrons. The van der Waals surface area contributed by atoms with Crippen molar-refractivity contribution in [1.29, 1.82) is 0 Å². The Morgan fingerprint density at radius 3 is 2.86 bits per heavy atom. The van der Waals surface area contributed by atoms with E-state index < -0.39 is 10.8 Å². The van der Waals surface area contributed by atoms with Gasteiger partial charge in [0.2, 0.25) is 0 Å². The molecule has 4 heteroatoms. The van der Waals surface area contributed by atoms with Crippen molar-refractivity contribution < 1.29 is 4.21 Å². The van der Waals surface area contributed by atoms with Crippen LogP contribution in [0.3, 0.4) is 0 Å². The smallest absolute Gasteiger partial charge is 0.0400 e. The van der Waals surface area contributed by atoms with Gasteiger partial charge in [0.05, 0.1) is 0 Å². The fraction of sp³-hybridized carbons (Fsp3) is 1.00. The zero-order chi connectivity index (χ0) is 9.97. The average Bonchev–Trinajstić information content (AvgIpc) is 2.61. The molecule has 2 saturated heterocycles. The molecule has 0 amide bonds. The zero-order valence-corrected chi connectivity index (χ0v) is 9.68. The van der Waals surface area contributed by atoms with Gasteiger partial charge in [0.25, 0.3) is 0 Å². The van der Waals surface area contributed by atoms with Crippen LogP contribution < -0.4 is 5.32 Å². The van der Waals surface area contributed by atoms with Gasteiger partial charge < -0.3 is 10.2 Å². The normalized spacial score (nSPS) is 37.4. The van der Waals surface area contributed by atoms with Crippen LogP contribution in [0.5, 0.6) is 0 Å². The van der Waals surface area contributed by atoms with Gasteiger partial charge in [-0.1, -0.05) is 0 Å². The first-order valence-electron chi connectivity index (χ1n) is 5.54. The third-order valence-electron chi connectivity index (χ3n) is 3.37. The quantitative estimate of drug-likeness (QED) is 0.728. The molecule has 0 radical (unpaired) electrons. The number of hydrogen-bond donors (Lipinski definition) is 1. The van der Waals surface area contributed by atoms with Crippen molar-refractivity contribution in [1.82, 2.24) is 10.2 Å². The topological polar surface area (TPSA) is 32.3 Å². The van der Waals surface area contributed by atoms with Gasteiger partial charge in [-0.05, 0) is 39.4 Å². The van der Waals surface area contributed by atoms with Crippen LogP contribution in [-0.2, 0) is 10.8 Å². The molecular formula is C10H20N2OS. The second kappa shape index (κ2) is 4.73. The third-order valence-corrected chi connectivity index (χ3v) is 4.89. The van der Waals surface area contributed by atoms with Crippen molar-refractivity contribution in [2.75, 3.05) is 31.6 Å². The van der Waals surface area contributed by atoms with Crippen molar-refractivity contribution in [3.8, 4) is 0 Å². The Morgan fingerprint density at radius 1 is 1.50 bits per heavy atom. The summed E-state index contributed by atoms with van der Waals surface area (Å²) in [7, 11) is 1.66. The summed E-state index contributed by atoms with van der Waals surface area (Å²) >= 11 is 0. The van der Waals surface area contributed by atoms with E-state index >= 15 is 0 Å².